The predicted molar refractivity (Wildman–Crippen MR) is 78.1 cm³/mol. The third kappa shape index (κ3) is 4.74. The molecule has 0 saturated carbocycles. The van der Waals surface area contributed by atoms with Gasteiger partial charge in [-0.15, -0.1) is 0 Å². The lowest BCUT2D eigenvalue weighted by Crippen LogP contribution is -2.44. The number of carboxylic acid groups (broad SMARTS) is 1. The van der Waals surface area contributed by atoms with Gasteiger partial charge in [-0.2, -0.15) is 5.10 Å². The fourth-order valence-corrected chi connectivity index (χ4v) is 2.89. The van der Waals surface area contributed by atoms with Gasteiger partial charge < -0.3 is 10.0 Å². The molecule has 1 N–H and O–H groups in total. The molecule has 0 aliphatic carbocycles. The number of rotatable bonds is 6. The van der Waals surface area contributed by atoms with E-state index < -0.39 is 5.97 Å². The minimum absolute atomic E-state index is 0.0589. The van der Waals surface area contributed by atoms with E-state index in [2.05, 4.69) is 5.10 Å². The molecular formula is C14H20ClN3O3. The largest absolute Gasteiger partial charge is 0.481 e. The zero-order valence-corrected chi connectivity index (χ0v) is 12.6. The number of aromatic nitrogens is 2. The van der Waals surface area contributed by atoms with Crippen molar-refractivity contribution in [2.75, 3.05) is 6.54 Å². The fourth-order valence-electron chi connectivity index (χ4n) is 2.73. The van der Waals surface area contributed by atoms with Crippen LogP contribution in [0.15, 0.2) is 12.4 Å². The summed E-state index contributed by atoms with van der Waals surface area (Å²) in [7, 11) is 0. The van der Waals surface area contributed by atoms with Gasteiger partial charge in [-0.1, -0.05) is 11.6 Å². The molecule has 21 heavy (non-hydrogen) atoms. The van der Waals surface area contributed by atoms with Gasteiger partial charge in [0.2, 0.25) is 5.91 Å². The normalized spacial score (nSPS) is 18.7. The van der Waals surface area contributed by atoms with Crippen LogP contribution in [0.25, 0.3) is 0 Å². The number of aliphatic carboxylic acids is 1. The van der Waals surface area contributed by atoms with Gasteiger partial charge in [0.05, 0.1) is 11.2 Å². The number of aryl methyl sites for hydroxylation is 1. The molecule has 0 spiro atoms. The molecular weight excluding hydrogens is 294 g/mol. The molecule has 1 aromatic heterocycles. The summed E-state index contributed by atoms with van der Waals surface area (Å²) >= 11 is 5.78. The summed E-state index contributed by atoms with van der Waals surface area (Å²) in [4.78, 5) is 24.9. The van der Waals surface area contributed by atoms with Crippen molar-refractivity contribution in [1.82, 2.24) is 14.7 Å². The second-order valence-corrected chi connectivity index (χ2v) is 5.78. The van der Waals surface area contributed by atoms with Crippen molar-refractivity contribution < 1.29 is 14.7 Å². The Balaban J connectivity index is 1.87. The van der Waals surface area contributed by atoms with Crippen LogP contribution in [0.3, 0.4) is 0 Å². The van der Waals surface area contributed by atoms with Gasteiger partial charge in [0.15, 0.2) is 0 Å². The van der Waals surface area contributed by atoms with E-state index in [0.717, 1.165) is 25.8 Å². The van der Waals surface area contributed by atoms with Gasteiger partial charge in [0.1, 0.15) is 0 Å². The third-order valence-corrected chi connectivity index (χ3v) is 3.99. The Morgan fingerprint density at radius 2 is 2.19 bits per heavy atom. The van der Waals surface area contributed by atoms with E-state index in [0.29, 0.717) is 24.4 Å². The summed E-state index contributed by atoms with van der Waals surface area (Å²) in [5, 5.41) is 13.4. The van der Waals surface area contributed by atoms with Gasteiger partial charge in [0.25, 0.3) is 0 Å². The standard InChI is InChI=1S/C14H20ClN3O3/c15-11-9-16-17(10-11)8-6-13(19)18-7-2-1-3-12(18)4-5-14(20)21/h9-10,12H,1-8H2,(H,20,21). The Hall–Kier alpha value is -1.56. The number of amides is 1. The number of carbonyl (C=O) groups excluding carboxylic acids is 1. The molecule has 116 valence electrons. The number of likely N-dealkylation sites (tertiary alicyclic amines) is 1. The summed E-state index contributed by atoms with van der Waals surface area (Å²) in [6.45, 7) is 1.22. The van der Waals surface area contributed by atoms with Gasteiger partial charge >= 0.3 is 5.97 Å². The van der Waals surface area contributed by atoms with Crippen molar-refractivity contribution >= 4 is 23.5 Å². The van der Waals surface area contributed by atoms with Crippen molar-refractivity contribution in [2.45, 2.75) is 51.1 Å². The first-order valence-electron chi connectivity index (χ1n) is 7.25. The fraction of sp³-hybridized carbons (Fsp3) is 0.643. The molecule has 2 heterocycles. The van der Waals surface area contributed by atoms with Crippen LogP contribution in [0.2, 0.25) is 5.02 Å². The molecule has 7 heteroatoms. The summed E-state index contributed by atoms with van der Waals surface area (Å²) in [6, 6.07) is 0.0589. The number of piperidine rings is 1. The van der Waals surface area contributed by atoms with Crippen LogP contribution in [-0.2, 0) is 16.1 Å². The molecule has 1 amide bonds. The lowest BCUT2D eigenvalue weighted by molar-refractivity contribution is -0.140. The maximum Gasteiger partial charge on any atom is 0.303 e. The van der Waals surface area contributed by atoms with E-state index in [1.807, 2.05) is 4.90 Å². The van der Waals surface area contributed by atoms with Crippen LogP contribution >= 0.6 is 11.6 Å². The zero-order chi connectivity index (χ0) is 15.2. The number of carbonyl (C=O) groups is 2. The molecule has 1 aliphatic rings. The molecule has 1 saturated heterocycles. The van der Waals surface area contributed by atoms with Crippen molar-refractivity contribution in [3.05, 3.63) is 17.4 Å². The molecule has 0 aromatic carbocycles. The summed E-state index contributed by atoms with van der Waals surface area (Å²) in [6.07, 6.45) is 7.19. The topological polar surface area (TPSA) is 75.4 Å². The number of hydrogen-bond acceptors (Lipinski definition) is 3. The van der Waals surface area contributed by atoms with Crippen LogP contribution in [0.5, 0.6) is 0 Å². The quantitative estimate of drug-likeness (QED) is 0.873. The smallest absolute Gasteiger partial charge is 0.303 e. The monoisotopic (exact) mass is 313 g/mol. The molecule has 0 radical (unpaired) electrons. The van der Waals surface area contributed by atoms with Crippen molar-refractivity contribution in [1.29, 1.82) is 0 Å². The Morgan fingerprint density at radius 1 is 1.38 bits per heavy atom. The molecule has 1 fully saturated rings. The summed E-state index contributed by atoms with van der Waals surface area (Å²) < 4.78 is 1.65. The lowest BCUT2D eigenvalue weighted by atomic mass is 9.97. The lowest BCUT2D eigenvalue weighted by Gasteiger charge is -2.35. The number of hydrogen-bond donors (Lipinski definition) is 1. The maximum absolute atomic E-state index is 12.3. The average Bonchev–Trinajstić information content (AvgIpc) is 2.88. The van der Waals surface area contributed by atoms with Gasteiger partial charge in [0, 0.05) is 38.2 Å². The van der Waals surface area contributed by atoms with E-state index >= 15 is 0 Å². The number of carboxylic acids is 1. The highest BCUT2D eigenvalue weighted by Gasteiger charge is 2.26. The number of halogens is 1. The Kier molecular flexibility index (Phi) is 5.61. The maximum atomic E-state index is 12.3. The molecule has 1 aliphatic heterocycles. The van der Waals surface area contributed by atoms with Gasteiger partial charge in [-0.3, -0.25) is 14.3 Å². The van der Waals surface area contributed by atoms with Gasteiger partial charge in [-0.05, 0) is 25.7 Å². The first-order chi connectivity index (χ1) is 10.1. The molecule has 1 aromatic rings. The van der Waals surface area contributed by atoms with Crippen LogP contribution in [0, 0.1) is 0 Å². The Bertz CT molecular complexity index is 503. The molecule has 1 unspecified atom stereocenters. The highest BCUT2D eigenvalue weighted by molar-refractivity contribution is 6.30. The van der Waals surface area contributed by atoms with Crippen molar-refractivity contribution in [3.8, 4) is 0 Å². The Morgan fingerprint density at radius 3 is 2.86 bits per heavy atom. The number of nitrogens with zero attached hydrogens (tertiary/aromatic N) is 3. The second kappa shape index (κ2) is 7.45. The zero-order valence-electron chi connectivity index (χ0n) is 11.9. The SMILES string of the molecule is O=C(O)CCC1CCCCN1C(=O)CCn1cc(Cl)cn1. The van der Waals surface area contributed by atoms with E-state index in [4.69, 9.17) is 16.7 Å². The van der Waals surface area contributed by atoms with Gasteiger partial charge in [-0.25, -0.2) is 0 Å². The second-order valence-electron chi connectivity index (χ2n) is 5.34. The first kappa shape index (κ1) is 15.8. The van der Waals surface area contributed by atoms with Crippen LogP contribution in [0.4, 0.5) is 0 Å². The predicted octanol–water partition coefficient (Wildman–Crippen LogP) is 2.17. The minimum Gasteiger partial charge on any atom is -0.481 e. The first-order valence-corrected chi connectivity index (χ1v) is 7.63. The molecule has 0 bridgehead atoms. The van der Waals surface area contributed by atoms with E-state index in [9.17, 15) is 9.59 Å². The van der Waals surface area contributed by atoms with Crippen molar-refractivity contribution in [2.24, 2.45) is 0 Å². The summed E-state index contributed by atoms with van der Waals surface area (Å²) in [5.41, 5.74) is 0. The highest BCUT2D eigenvalue weighted by Crippen LogP contribution is 2.22. The van der Waals surface area contributed by atoms with Crippen LogP contribution in [-0.4, -0.2) is 44.3 Å². The highest BCUT2D eigenvalue weighted by atomic mass is 35.5. The molecule has 2 rings (SSSR count). The van der Waals surface area contributed by atoms with E-state index in [1.165, 1.54) is 0 Å². The Labute approximate surface area is 128 Å². The minimum atomic E-state index is -0.806. The van der Waals surface area contributed by atoms with E-state index in [1.54, 1.807) is 17.1 Å². The molecule has 6 nitrogen and oxygen atoms in total. The third-order valence-electron chi connectivity index (χ3n) is 3.80. The molecule has 1 atom stereocenters. The van der Waals surface area contributed by atoms with Crippen LogP contribution < -0.4 is 0 Å². The summed E-state index contributed by atoms with van der Waals surface area (Å²) in [5.74, 6) is -0.740. The average molecular weight is 314 g/mol. The van der Waals surface area contributed by atoms with Crippen molar-refractivity contribution in [3.63, 3.8) is 0 Å². The van der Waals surface area contributed by atoms with Crippen LogP contribution in [0.1, 0.15) is 38.5 Å². The van der Waals surface area contributed by atoms with E-state index in [-0.39, 0.29) is 18.4 Å².